The maximum atomic E-state index is 11.7. The number of hydrogen-bond acceptors (Lipinski definition) is 3. The molecule has 24 heavy (non-hydrogen) atoms. The molecule has 5 nitrogen and oxygen atoms in total. The molecule has 1 amide bonds. The minimum atomic E-state index is -1.14. The average Bonchev–Trinajstić information content (AvgIpc) is 2.57. The van der Waals surface area contributed by atoms with Gasteiger partial charge in [-0.1, -0.05) is 84.5 Å². The van der Waals surface area contributed by atoms with E-state index in [-0.39, 0.29) is 5.91 Å². The number of carbonyl (C=O) groups excluding carboxylic acids is 1. The molecule has 0 aliphatic carbocycles. The van der Waals surface area contributed by atoms with Crippen molar-refractivity contribution in [2.75, 3.05) is 6.54 Å². The summed E-state index contributed by atoms with van der Waals surface area (Å²) in [5, 5.41) is 11.6. The molecule has 2 atom stereocenters. The van der Waals surface area contributed by atoms with E-state index in [1.54, 1.807) is 6.92 Å². The Kier molecular flexibility index (Phi) is 14.7. The van der Waals surface area contributed by atoms with Gasteiger partial charge in [-0.2, -0.15) is 0 Å². The molecule has 0 bridgehead atoms. The van der Waals surface area contributed by atoms with Gasteiger partial charge < -0.3 is 16.2 Å². The third-order valence-electron chi connectivity index (χ3n) is 4.57. The van der Waals surface area contributed by atoms with Crippen LogP contribution in [0.15, 0.2) is 0 Å². The van der Waals surface area contributed by atoms with E-state index < -0.39 is 17.9 Å². The molecule has 0 aromatic heterocycles. The zero-order valence-corrected chi connectivity index (χ0v) is 15.7. The third-order valence-corrected chi connectivity index (χ3v) is 4.57. The monoisotopic (exact) mass is 342 g/mol. The largest absolute Gasteiger partial charge is 0.480 e. The number of amides is 1. The molecule has 0 spiro atoms. The van der Waals surface area contributed by atoms with Gasteiger partial charge in [0.15, 0.2) is 0 Å². The number of rotatable bonds is 16. The first-order chi connectivity index (χ1) is 11.5. The van der Waals surface area contributed by atoms with Crippen molar-refractivity contribution >= 4 is 11.9 Å². The minimum absolute atomic E-state index is 0.270. The number of unbranched alkanes of at least 4 members (excludes halogenated alkanes) is 11. The van der Waals surface area contributed by atoms with Gasteiger partial charge in [-0.05, 0) is 6.42 Å². The second kappa shape index (κ2) is 15.4. The molecule has 0 aromatic carbocycles. The van der Waals surface area contributed by atoms with E-state index in [9.17, 15) is 9.59 Å². The van der Waals surface area contributed by atoms with Crippen LogP contribution in [0.5, 0.6) is 0 Å². The van der Waals surface area contributed by atoms with E-state index in [0.717, 1.165) is 12.8 Å². The quantitative estimate of drug-likeness (QED) is 0.371. The first-order valence-corrected chi connectivity index (χ1v) is 9.76. The molecule has 0 heterocycles. The summed E-state index contributed by atoms with van der Waals surface area (Å²) in [6.07, 6.45) is 15.4. The molecule has 2 unspecified atom stereocenters. The van der Waals surface area contributed by atoms with Crippen molar-refractivity contribution < 1.29 is 14.7 Å². The fourth-order valence-corrected chi connectivity index (χ4v) is 2.72. The molecular weight excluding hydrogens is 304 g/mol. The molecule has 0 aliphatic rings. The summed E-state index contributed by atoms with van der Waals surface area (Å²) in [5.41, 5.74) is 5.44. The SMILES string of the molecule is CCCCCCCCCCCCCCNC(=O)C(C)C(N)C(=O)O. The van der Waals surface area contributed by atoms with Gasteiger partial charge in [-0.15, -0.1) is 0 Å². The molecule has 0 aliphatic heterocycles. The van der Waals surface area contributed by atoms with Crippen LogP contribution >= 0.6 is 0 Å². The molecule has 0 radical (unpaired) electrons. The normalized spacial score (nSPS) is 13.5. The Bertz CT molecular complexity index is 335. The second-order valence-corrected chi connectivity index (χ2v) is 6.83. The Morgan fingerprint density at radius 3 is 1.71 bits per heavy atom. The lowest BCUT2D eigenvalue weighted by Gasteiger charge is -2.15. The Morgan fingerprint density at radius 1 is 0.875 bits per heavy atom. The van der Waals surface area contributed by atoms with Crippen LogP contribution in [0.25, 0.3) is 0 Å². The maximum absolute atomic E-state index is 11.7. The Morgan fingerprint density at radius 2 is 1.29 bits per heavy atom. The smallest absolute Gasteiger partial charge is 0.321 e. The van der Waals surface area contributed by atoms with Crippen molar-refractivity contribution in [3.8, 4) is 0 Å². The van der Waals surface area contributed by atoms with Crippen LogP contribution in [0.4, 0.5) is 0 Å². The van der Waals surface area contributed by atoms with E-state index in [4.69, 9.17) is 10.8 Å². The van der Waals surface area contributed by atoms with Gasteiger partial charge in [0.1, 0.15) is 6.04 Å². The number of carboxylic acids is 1. The van der Waals surface area contributed by atoms with Gasteiger partial charge in [-0.3, -0.25) is 9.59 Å². The van der Waals surface area contributed by atoms with E-state index >= 15 is 0 Å². The third kappa shape index (κ3) is 12.3. The maximum Gasteiger partial charge on any atom is 0.321 e. The average molecular weight is 343 g/mol. The predicted octanol–water partition coefficient (Wildman–Crippen LogP) is 3.85. The van der Waals surface area contributed by atoms with Crippen LogP contribution in [0.3, 0.4) is 0 Å². The number of carboxylic acid groups (broad SMARTS) is 1. The zero-order valence-electron chi connectivity index (χ0n) is 15.7. The van der Waals surface area contributed by atoms with Crippen molar-refractivity contribution in [3.63, 3.8) is 0 Å². The number of aliphatic carboxylic acids is 1. The highest BCUT2D eigenvalue weighted by molar-refractivity contribution is 5.86. The van der Waals surface area contributed by atoms with Crippen LogP contribution in [-0.4, -0.2) is 29.6 Å². The van der Waals surface area contributed by atoms with E-state index in [1.807, 2.05) is 0 Å². The highest BCUT2D eigenvalue weighted by atomic mass is 16.4. The van der Waals surface area contributed by atoms with Gasteiger partial charge in [0.25, 0.3) is 0 Å². The van der Waals surface area contributed by atoms with E-state index in [0.29, 0.717) is 6.54 Å². The molecule has 0 saturated carbocycles. The van der Waals surface area contributed by atoms with Crippen LogP contribution < -0.4 is 11.1 Å². The second-order valence-electron chi connectivity index (χ2n) is 6.83. The molecule has 142 valence electrons. The minimum Gasteiger partial charge on any atom is -0.480 e. The molecule has 0 aromatic rings. The molecule has 0 saturated heterocycles. The van der Waals surface area contributed by atoms with Gasteiger partial charge in [-0.25, -0.2) is 0 Å². The molecule has 0 rings (SSSR count). The summed E-state index contributed by atoms with van der Waals surface area (Å²) in [4.78, 5) is 22.5. The van der Waals surface area contributed by atoms with Crippen LogP contribution in [0.1, 0.15) is 90.9 Å². The summed E-state index contributed by atoms with van der Waals surface area (Å²) >= 11 is 0. The topological polar surface area (TPSA) is 92.4 Å². The Hall–Kier alpha value is -1.10. The summed E-state index contributed by atoms with van der Waals surface area (Å²) in [6.45, 7) is 4.40. The van der Waals surface area contributed by atoms with Crippen molar-refractivity contribution in [3.05, 3.63) is 0 Å². The standard InChI is InChI=1S/C19H38N2O3/c1-3-4-5-6-7-8-9-10-11-12-13-14-15-21-18(22)16(2)17(20)19(23)24/h16-17H,3-15,20H2,1-2H3,(H,21,22)(H,23,24). The number of carbonyl (C=O) groups is 2. The fraction of sp³-hybridized carbons (Fsp3) is 0.895. The highest BCUT2D eigenvalue weighted by Gasteiger charge is 2.25. The molecule has 0 fully saturated rings. The number of hydrogen-bond donors (Lipinski definition) is 3. The highest BCUT2D eigenvalue weighted by Crippen LogP contribution is 2.11. The van der Waals surface area contributed by atoms with Crippen molar-refractivity contribution in [2.24, 2.45) is 11.7 Å². The fourth-order valence-electron chi connectivity index (χ4n) is 2.72. The predicted molar refractivity (Wildman–Crippen MR) is 98.9 cm³/mol. The molecule has 4 N–H and O–H groups in total. The summed E-state index contributed by atoms with van der Waals surface area (Å²) in [5.74, 6) is -2.10. The zero-order chi connectivity index (χ0) is 18.2. The van der Waals surface area contributed by atoms with Gasteiger partial charge in [0.2, 0.25) is 5.91 Å². The van der Waals surface area contributed by atoms with E-state index in [1.165, 1.54) is 64.2 Å². The van der Waals surface area contributed by atoms with Crippen molar-refractivity contribution in [1.29, 1.82) is 0 Å². The van der Waals surface area contributed by atoms with Crippen molar-refractivity contribution in [2.45, 2.75) is 96.9 Å². The lowest BCUT2D eigenvalue weighted by atomic mass is 10.0. The van der Waals surface area contributed by atoms with Crippen molar-refractivity contribution in [1.82, 2.24) is 5.32 Å². The lowest BCUT2D eigenvalue weighted by Crippen LogP contribution is -2.45. The Labute approximate surface area is 147 Å². The first kappa shape index (κ1) is 22.9. The number of nitrogens with one attached hydrogen (secondary N) is 1. The summed E-state index contributed by atoms with van der Waals surface area (Å²) in [6, 6.07) is -1.13. The van der Waals surface area contributed by atoms with Gasteiger partial charge in [0, 0.05) is 6.54 Å². The summed E-state index contributed by atoms with van der Waals surface area (Å²) in [7, 11) is 0. The lowest BCUT2D eigenvalue weighted by molar-refractivity contribution is -0.142. The van der Waals surface area contributed by atoms with Crippen LogP contribution in [0, 0.1) is 5.92 Å². The van der Waals surface area contributed by atoms with Gasteiger partial charge >= 0.3 is 5.97 Å². The van der Waals surface area contributed by atoms with Gasteiger partial charge in [0.05, 0.1) is 5.92 Å². The molecular formula is C19H38N2O3. The van der Waals surface area contributed by atoms with Crippen LogP contribution in [0.2, 0.25) is 0 Å². The number of nitrogens with two attached hydrogens (primary N) is 1. The Balaban J connectivity index is 3.36. The molecule has 5 heteroatoms. The van der Waals surface area contributed by atoms with E-state index in [2.05, 4.69) is 12.2 Å². The first-order valence-electron chi connectivity index (χ1n) is 9.76. The summed E-state index contributed by atoms with van der Waals surface area (Å²) < 4.78 is 0. The van der Waals surface area contributed by atoms with Crippen LogP contribution in [-0.2, 0) is 9.59 Å².